The van der Waals surface area contributed by atoms with Gasteiger partial charge in [-0.1, -0.05) is 48.0 Å². The molecule has 1 fully saturated rings. The minimum atomic E-state index is -0.218. The number of hydrogen-bond donors (Lipinski definition) is 1. The predicted molar refractivity (Wildman–Crippen MR) is 113 cm³/mol. The van der Waals surface area contributed by atoms with E-state index in [4.69, 9.17) is 16.3 Å². The molecular formula is C23H21ClN2O3. The number of rotatable bonds is 6. The zero-order valence-electron chi connectivity index (χ0n) is 15.9. The van der Waals surface area contributed by atoms with Crippen molar-refractivity contribution in [3.05, 3.63) is 77.1 Å². The van der Waals surface area contributed by atoms with Gasteiger partial charge in [0.05, 0.1) is 5.02 Å². The largest absolute Gasteiger partial charge is 0.484 e. The number of amides is 1. The molecule has 1 aliphatic heterocycles. The highest BCUT2D eigenvalue weighted by Gasteiger charge is 2.22. The number of halogens is 1. The van der Waals surface area contributed by atoms with Gasteiger partial charge in [0.2, 0.25) is 5.78 Å². The summed E-state index contributed by atoms with van der Waals surface area (Å²) < 4.78 is 5.62. The first-order chi connectivity index (χ1) is 14.1. The van der Waals surface area contributed by atoms with E-state index in [0.29, 0.717) is 22.0 Å². The number of benzene rings is 2. The molecule has 0 saturated carbocycles. The third-order valence-corrected chi connectivity index (χ3v) is 5.32. The van der Waals surface area contributed by atoms with Crippen molar-refractivity contribution in [2.45, 2.75) is 12.8 Å². The van der Waals surface area contributed by atoms with Crippen molar-refractivity contribution in [3.63, 3.8) is 0 Å². The molecule has 148 valence electrons. The summed E-state index contributed by atoms with van der Waals surface area (Å²) >= 11 is 6.33. The Balaban J connectivity index is 1.39. The Kier molecular flexibility index (Phi) is 5.67. The average molecular weight is 409 g/mol. The molecule has 4 rings (SSSR count). The zero-order chi connectivity index (χ0) is 20.2. The summed E-state index contributed by atoms with van der Waals surface area (Å²) in [6.07, 6.45) is 3.60. The molecule has 3 aromatic rings. The molecule has 0 spiro atoms. The number of aromatic nitrogens is 1. The van der Waals surface area contributed by atoms with Crippen LogP contribution < -0.4 is 4.74 Å². The van der Waals surface area contributed by atoms with Crippen LogP contribution in [0.4, 0.5) is 0 Å². The molecule has 1 saturated heterocycles. The van der Waals surface area contributed by atoms with Crippen LogP contribution in [0.5, 0.6) is 5.75 Å². The van der Waals surface area contributed by atoms with Crippen LogP contribution in [0.1, 0.15) is 33.7 Å². The molecule has 1 N–H and O–H groups in total. The zero-order valence-corrected chi connectivity index (χ0v) is 16.6. The summed E-state index contributed by atoms with van der Waals surface area (Å²) in [5.74, 6) is 0.163. The van der Waals surface area contributed by atoms with Gasteiger partial charge in [-0.15, -0.1) is 0 Å². The smallest absolute Gasteiger partial charge is 0.270 e. The molecule has 1 aliphatic rings. The number of nitrogens with zero attached hydrogens (tertiary/aromatic N) is 1. The number of hydrogen-bond acceptors (Lipinski definition) is 3. The molecule has 0 radical (unpaired) electrons. The first-order valence-electron chi connectivity index (χ1n) is 9.60. The number of aromatic amines is 1. The highest BCUT2D eigenvalue weighted by atomic mass is 35.5. The first-order valence-corrected chi connectivity index (χ1v) is 9.98. The Morgan fingerprint density at radius 2 is 1.76 bits per heavy atom. The fraction of sp³-hybridized carbons (Fsp3) is 0.217. The summed E-state index contributed by atoms with van der Waals surface area (Å²) in [6.45, 7) is 1.38. The van der Waals surface area contributed by atoms with Gasteiger partial charge >= 0.3 is 0 Å². The highest BCUT2D eigenvalue weighted by molar-refractivity contribution is 6.32. The molecular weight excluding hydrogens is 388 g/mol. The minimum Gasteiger partial charge on any atom is -0.484 e. The van der Waals surface area contributed by atoms with Gasteiger partial charge in [-0.25, -0.2) is 0 Å². The fourth-order valence-corrected chi connectivity index (χ4v) is 3.66. The predicted octanol–water partition coefficient (Wildman–Crippen LogP) is 4.83. The molecule has 2 heterocycles. The van der Waals surface area contributed by atoms with Gasteiger partial charge in [0.15, 0.2) is 6.61 Å². The van der Waals surface area contributed by atoms with E-state index in [1.165, 1.54) is 0 Å². The van der Waals surface area contributed by atoms with Crippen LogP contribution in [-0.2, 0) is 0 Å². The number of ketones is 1. The van der Waals surface area contributed by atoms with Gasteiger partial charge in [-0.05, 0) is 42.2 Å². The number of H-pyrrole nitrogens is 1. The number of likely N-dealkylation sites (tertiary alicyclic amines) is 1. The lowest BCUT2D eigenvalue weighted by molar-refractivity contribution is 0.0787. The number of ether oxygens (including phenoxy) is 1. The number of nitrogens with one attached hydrogen (secondary N) is 1. The van der Waals surface area contributed by atoms with Crippen LogP contribution >= 0.6 is 11.6 Å². The van der Waals surface area contributed by atoms with Gasteiger partial charge in [0.25, 0.3) is 5.91 Å². The lowest BCUT2D eigenvalue weighted by Gasteiger charge is -2.13. The Morgan fingerprint density at radius 1 is 1.00 bits per heavy atom. The molecule has 6 heteroatoms. The van der Waals surface area contributed by atoms with Crippen molar-refractivity contribution < 1.29 is 14.3 Å². The number of carbonyl (C=O) groups is 2. The molecule has 5 nitrogen and oxygen atoms in total. The van der Waals surface area contributed by atoms with Crippen LogP contribution in [0.2, 0.25) is 5.02 Å². The Morgan fingerprint density at radius 3 is 2.48 bits per heavy atom. The monoisotopic (exact) mass is 408 g/mol. The Labute approximate surface area is 174 Å². The summed E-state index contributed by atoms with van der Waals surface area (Å²) in [5, 5.41) is 0.443. The third-order valence-electron chi connectivity index (χ3n) is 5.03. The average Bonchev–Trinajstić information content (AvgIpc) is 3.45. The molecule has 29 heavy (non-hydrogen) atoms. The molecule has 0 aliphatic carbocycles. The lowest BCUT2D eigenvalue weighted by atomic mass is 10.1. The normalized spacial score (nSPS) is 13.5. The fourth-order valence-electron chi connectivity index (χ4n) is 3.42. The van der Waals surface area contributed by atoms with Gasteiger partial charge in [-0.3, -0.25) is 9.59 Å². The number of carbonyl (C=O) groups excluding carboxylic acids is 2. The van der Waals surface area contributed by atoms with E-state index in [1.807, 2.05) is 42.5 Å². The summed E-state index contributed by atoms with van der Waals surface area (Å²) in [7, 11) is 0. The van der Waals surface area contributed by atoms with E-state index in [-0.39, 0.29) is 18.3 Å². The van der Waals surface area contributed by atoms with E-state index < -0.39 is 0 Å². The SMILES string of the molecule is O=C(COc1ccc(-c2ccccc2)cc1Cl)c1c[nH]c(C(=O)N2CCCC2)c1. The minimum absolute atomic E-state index is 0.0676. The van der Waals surface area contributed by atoms with Gasteiger partial charge < -0.3 is 14.6 Å². The van der Waals surface area contributed by atoms with Crippen molar-refractivity contribution in [1.29, 1.82) is 0 Å². The summed E-state index contributed by atoms with van der Waals surface area (Å²) in [6, 6.07) is 17.0. The standard InChI is InChI=1S/C23H21ClN2O3/c24-19-12-17(16-6-2-1-3-7-16)8-9-22(19)29-15-21(27)18-13-20(25-14-18)23(28)26-10-4-5-11-26/h1-3,6-9,12-14,25H,4-5,10-11,15H2. The second kappa shape index (κ2) is 8.53. The third kappa shape index (κ3) is 4.35. The summed E-state index contributed by atoms with van der Waals surface area (Å²) in [4.78, 5) is 29.6. The van der Waals surface area contributed by atoms with E-state index in [0.717, 1.165) is 37.1 Å². The molecule has 1 aromatic heterocycles. The van der Waals surface area contributed by atoms with Crippen molar-refractivity contribution in [3.8, 4) is 16.9 Å². The van der Waals surface area contributed by atoms with E-state index in [2.05, 4.69) is 4.98 Å². The van der Waals surface area contributed by atoms with E-state index >= 15 is 0 Å². The maximum absolute atomic E-state index is 12.5. The first kappa shape index (κ1) is 19.3. The quantitative estimate of drug-likeness (QED) is 0.594. The molecule has 1 amide bonds. The molecule has 0 bridgehead atoms. The topological polar surface area (TPSA) is 62.4 Å². The maximum Gasteiger partial charge on any atom is 0.270 e. The van der Waals surface area contributed by atoms with Crippen LogP contribution in [0.3, 0.4) is 0 Å². The van der Waals surface area contributed by atoms with Crippen molar-refractivity contribution in [1.82, 2.24) is 9.88 Å². The van der Waals surface area contributed by atoms with Crippen molar-refractivity contribution in [2.24, 2.45) is 0 Å². The molecule has 2 aromatic carbocycles. The maximum atomic E-state index is 12.5. The van der Waals surface area contributed by atoms with Gasteiger partial charge in [-0.2, -0.15) is 0 Å². The van der Waals surface area contributed by atoms with Gasteiger partial charge in [0, 0.05) is 24.8 Å². The second-order valence-corrected chi connectivity index (χ2v) is 7.43. The van der Waals surface area contributed by atoms with Crippen molar-refractivity contribution in [2.75, 3.05) is 19.7 Å². The number of Topliss-reactive ketones (excluding diaryl/α,β-unsaturated/α-hetero) is 1. The van der Waals surface area contributed by atoms with E-state index in [1.54, 1.807) is 23.2 Å². The highest BCUT2D eigenvalue weighted by Crippen LogP contribution is 2.30. The van der Waals surface area contributed by atoms with Crippen LogP contribution in [0, 0.1) is 0 Å². The molecule has 0 unspecified atom stereocenters. The summed E-state index contributed by atoms with van der Waals surface area (Å²) in [5.41, 5.74) is 2.88. The molecule has 0 atom stereocenters. The van der Waals surface area contributed by atoms with Crippen LogP contribution in [-0.4, -0.2) is 41.3 Å². The Bertz CT molecular complexity index is 1020. The Hall–Kier alpha value is -3.05. The lowest BCUT2D eigenvalue weighted by Crippen LogP contribution is -2.27. The van der Waals surface area contributed by atoms with Crippen LogP contribution in [0.25, 0.3) is 11.1 Å². The van der Waals surface area contributed by atoms with Crippen LogP contribution in [0.15, 0.2) is 60.8 Å². The van der Waals surface area contributed by atoms with Gasteiger partial charge in [0.1, 0.15) is 11.4 Å². The van der Waals surface area contributed by atoms with E-state index in [9.17, 15) is 9.59 Å². The second-order valence-electron chi connectivity index (χ2n) is 7.02. The van der Waals surface area contributed by atoms with Crippen molar-refractivity contribution >= 4 is 23.3 Å².